The standard InChI is InChI=1S/C22H25BrN4O2S/c1-5-29-18-12-10-17(11-13-18)27-20(15-6-8-16(23)9-7-15)25-26-21(27)30-14-19(28)24-22(2,3)4/h6-13H,5,14H2,1-4H3,(H,24,28). The highest BCUT2D eigenvalue weighted by Gasteiger charge is 2.19. The van der Waals surface area contributed by atoms with E-state index in [1.165, 1.54) is 11.8 Å². The van der Waals surface area contributed by atoms with Gasteiger partial charge in [0.1, 0.15) is 5.75 Å². The summed E-state index contributed by atoms with van der Waals surface area (Å²) in [5, 5.41) is 12.4. The Morgan fingerprint density at radius 3 is 2.37 bits per heavy atom. The molecule has 0 aliphatic rings. The van der Waals surface area contributed by atoms with Gasteiger partial charge < -0.3 is 10.1 Å². The van der Waals surface area contributed by atoms with Crippen molar-refractivity contribution in [2.75, 3.05) is 12.4 Å². The first-order valence-corrected chi connectivity index (χ1v) is 11.4. The highest BCUT2D eigenvalue weighted by molar-refractivity contribution is 9.10. The molecule has 0 aliphatic carbocycles. The third-order valence-corrected chi connectivity index (χ3v) is 5.45. The maximum absolute atomic E-state index is 12.3. The average Bonchev–Trinajstić information content (AvgIpc) is 3.10. The van der Waals surface area contributed by atoms with Crippen LogP contribution < -0.4 is 10.1 Å². The van der Waals surface area contributed by atoms with Gasteiger partial charge in [0.15, 0.2) is 11.0 Å². The van der Waals surface area contributed by atoms with Crippen molar-refractivity contribution in [3.05, 3.63) is 53.0 Å². The minimum absolute atomic E-state index is 0.0427. The number of nitrogens with one attached hydrogen (secondary N) is 1. The van der Waals surface area contributed by atoms with Crippen LogP contribution in [0.1, 0.15) is 27.7 Å². The summed E-state index contributed by atoms with van der Waals surface area (Å²) < 4.78 is 8.52. The Morgan fingerprint density at radius 1 is 1.10 bits per heavy atom. The Hall–Kier alpha value is -2.32. The fourth-order valence-corrected chi connectivity index (χ4v) is 3.84. The lowest BCUT2D eigenvalue weighted by atomic mass is 10.1. The topological polar surface area (TPSA) is 69.0 Å². The zero-order valence-corrected chi connectivity index (χ0v) is 19.9. The first kappa shape index (κ1) is 22.4. The minimum Gasteiger partial charge on any atom is -0.494 e. The van der Waals surface area contributed by atoms with Crippen molar-refractivity contribution in [1.29, 1.82) is 0 Å². The molecule has 0 aliphatic heterocycles. The van der Waals surface area contributed by atoms with Gasteiger partial charge in [-0.25, -0.2) is 0 Å². The lowest BCUT2D eigenvalue weighted by molar-refractivity contribution is -0.119. The number of hydrogen-bond acceptors (Lipinski definition) is 5. The predicted molar refractivity (Wildman–Crippen MR) is 124 cm³/mol. The number of aromatic nitrogens is 3. The predicted octanol–water partition coefficient (Wildman–Crippen LogP) is 5.10. The monoisotopic (exact) mass is 488 g/mol. The largest absolute Gasteiger partial charge is 0.494 e. The number of nitrogens with zero attached hydrogens (tertiary/aromatic N) is 3. The summed E-state index contributed by atoms with van der Waals surface area (Å²) in [7, 11) is 0. The van der Waals surface area contributed by atoms with Crippen LogP contribution in [0.4, 0.5) is 0 Å². The maximum atomic E-state index is 12.3. The first-order valence-electron chi connectivity index (χ1n) is 9.65. The molecule has 3 aromatic rings. The Morgan fingerprint density at radius 2 is 1.77 bits per heavy atom. The highest BCUT2D eigenvalue weighted by atomic mass is 79.9. The van der Waals surface area contributed by atoms with E-state index in [9.17, 15) is 4.79 Å². The highest BCUT2D eigenvalue weighted by Crippen LogP contribution is 2.29. The quantitative estimate of drug-likeness (QED) is 0.468. The van der Waals surface area contributed by atoms with E-state index in [4.69, 9.17) is 4.74 Å². The molecule has 1 heterocycles. The number of halogens is 1. The van der Waals surface area contributed by atoms with Gasteiger partial charge >= 0.3 is 0 Å². The lowest BCUT2D eigenvalue weighted by Gasteiger charge is -2.20. The molecule has 0 saturated carbocycles. The van der Waals surface area contributed by atoms with E-state index >= 15 is 0 Å². The molecule has 0 atom stereocenters. The van der Waals surface area contributed by atoms with Crippen LogP contribution in [0, 0.1) is 0 Å². The van der Waals surface area contributed by atoms with E-state index in [1.54, 1.807) is 0 Å². The molecule has 0 saturated heterocycles. The van der Waals surface area contributed by atoms with Crippen LogP contribution >= 0.6 is 27.7 Å². The molecule has 0 unspecified atom stereocenters. The van der Waals surface area contributed by atoms with Gasteiger partial charge in [-0.1, -0.05) is 39.8 Å². The van der Waals surface area contributed by atoms with Gasteiger partial charge in [0, 0.05) is 21.3 Å². The van der Waals surface area contributed by atoms with Gasteiger partial charge in [0.2, 0.25) is 5.91 Å². The summed E-state index contributed by atoms with van der Waals surface area (Å²) in [4.78, 5) is 12.3. The van der Waals surface area contributed by atoms with Crippen LogP contribution in [0.3, 0.4) is 0 Å². The molecule has 3 rings (SSSR count). The van der Waals surface area contributed by atoms with Crippen molar-refractivity contribution >= 4 is 33.6 Å². The number of ether oxygens (including phenoxy) is 1. The van der Waals surface area contributed by atoms with Crippen LogP contribution in [-0.4, -0.2) is 38.6 Å². The van der Waals surface area contributed by atoms with Gasteiger partial charge in [0.05, 0.1) is 12.4 Å². The Kier molecular flexibility index (Phi) is 7.20. The van der Waals surface area contributed by atoms with Gasteiger partial charge in [-0.05, 0) is 64.1 Å². The zero-order valence-electron chi connectivity index (χ0n) is 17.5. The molecule has 0 spiro atoms. The smallest absolute Gasteiger partial charge is 0.230 e. The van der Waals surface area contributed by atoms with E-state index in [0.29, 0.717) is 17.6 Å². The lowest BCUT2D eigenvalue weighted by Crippen LogP contribution is -2.41. The third-order valence-electron chi connectivity index (χ3n) is 3.99. The molecule has 1 N–H and O–H groups in total. The van der Waals surface area contributed by atoms with Crippen LogP contribution in [0.2, 0.25) is 0 Å². The molecule has 30 heavy (non-hydrogen) atoms. The Balaban J connectivity index is 1.94. The van der Waals surface area contributed by atoms with Gasteiger partial charge in [-0.15, -0.1) is 10.2 Å². The number of carbonyl (C=O) groups excluding carboxylic acids is 1. The number of carbonyl (C=O) groups is 1. The van der Waals surface area contributed by atoms with Crippen molar-refractivity contribution in [3.63, 3.8) is 0 Å². The molecule has 2 aromatic carbocycles. The van der Waals surface area contributed by atoms with Crippen molar-refractivity contribution < 1.29 is 9.53 Å². The van der Waals surface area contributed by atoms with E-state index in [1.807, 2.05) is 80.8 Å². The van der Waals surface area contributed by atoms with Crippen LogP contribution in [0.15, 0.2) is 58.2 Å². The van der Waals surface area contributed by atoms with Crippen molar-refractivity contribution in [2.45, 2.75) is 38.4 Å². The maximum Gasteiger partial charge on any atom is 0.230 e. The SMILES string of the molecule is CCOc1ccc(-n2c(SCC(=O)NC(C)(C)C)nnc2-c2ccc(Br)cc2)cc1. The molecule has 158 valence electrons. The summed E-state index contributed by atoms with van der Waals surface area (Å²) in [6.07, 6.45) is 0. The number of amides is 1. The Labute approximate surface area is 189 Å². The van der Waals surface area contributed by atoms with Crippen LogP contribution in [0.5, 0.6) is 5.75 Å². The summed E-state index contributed by atoms with van der Waals surface area (Å²) in [6.45, 7) is 8.45. The normalized spacial score (nSPS) is 11.4. The molecule has 0 radical (unpaired) electrons. The summed E-state index contributed by atoms with van der Waals surface area (Å²) >= 11 is 4.83. The van der Waals surface area contributed by atoms with Crippen molar-refractivity contribution in [2.24, 2.45) is 0 Å². The summed E-state index contributed by atoms with van der Waals surface area (Å²) in [5.41, 5.74) is 1.56. The molecule has 0 bridgehead atoms. The first-order chi connectivity index (χ1) is 14.3. The third kappa shape index (κ3) is 5.86. The van der Waals surface area contributed by atoms with Crippen LogP contribution in [0.25, 0.3) is 17.1 Å². The van der Waals surface area contributed by atoms with Gasteiger partial charge in [-0.3, -0.25) is 9.36 Å². The van der Waals surface area contributed by atoms with E-state index in [-0.39, 0.29) is 17.2 Å². The van der Waals surface area contributed by atoms with E-state index in [2.05, 4.69) is 31.4 Å². The molecule has 8 heteroatoms. The fraction of sp³-hybridized carbons (Fsp3) is 0.318. The second-order valence-corrected chi connectivity index (χ2v) is 9.52. The minimum atomic E-state index is -0.275. The van der Waals surface area contributed by atoms with Crippen molar-refractivity contribution in [1.82, 2.24) is 20.1 Å². The number of thioether (sulfide) groups is 1. The van der Waals surface area contributed by atoms with Gasteiger partial charge in [-0.2, -0.15) is 0 Å². The van der Waals surface area contributed by atoms with Crippen molar-refractivity contribution in [3.8, 4) is 22.8 Å². The second kappa shape index (κ2) is 9.66. The second-order valence-electron chi connectivity index (χ2n) is 7.66. The van der Waals surface area contributed by atoms with E-state index < -0.39 is 0 Å². The Bertz CT molecular complexity index is 995. The number of benzene rings is 2. The molecule has 0 fully saturated rings. The van der Waals surface area contributed by atoms with Crippen LogP contribution in [-0.2, 0) is 4.79 Å². The molecular formula is C22H25BrN4O2S. The molecule has 6 nitrogen and oxygen atoms in total. The average molecular weight is 489 g/mol. The zero-order chi connectivity index (χ0) is 21.7. The molecule has 1 amide bonds. The fourth-order valence-electron chi connectivity index (χ4n) is 2.82. The number of hydrogen-bond donors (Lipinski definition) is 1. The summed E-state index contributed by atoms with van der Waals surface area (Å²) in [5.74, 6) is 1.73. The molecular weight excluding hydrogens is 464 g/mol. The molecule has 1 aromatic heterocycles. The van der Waals surface area contributed by atoms with Gasteiger partial charge in [0.25, 0.3) is 0 Å². The van der Waals surface area contributed by atoms with E-state index in [0.717, 1.165) is 21.5 Å². The summed E-state index contributed by atoms with van der Waals surface area (Å²) in [6, 6.07) is 15.7. The number of rotatable bonds is 7.